The van der Waals surface area contributed by atoms with E-state index in [1.807, 2.05) is 14.1 Å². The van der Waals surface area contributed by atoms with E-state index in [1.54, 1.807) is 11.0 Å². The first-order valence-corrected chi connectivity index (χ1v) is 6.94. The Bertz CT molecular complexity index is 422. The maximum atomic E-state index is 12.0. The van der Waals surface area contributed by atoms with E-state index in [-0.39, 0.29) is 11.4 Å². The third-order valence-electron chi connectivity index (χ3n) is 3.93. The molecule has 1 saturated carbocycles. The first-order valence-electron chi connectivity index (χ1n) is 6.94. The maximum Gasteiger partial charge on any atom is 0.222 e. The van der Waals surface area contributed by atoms with Crippen molar-refractivity contribution >= 4 is 5.91 Å². The Kier molecular flexibility index (Phi) is 4.52. The van der Waals surface area contributed by atoms with Gasteiger partial charge in [-0.15, -0.1) is 0 Å². The van der Waals surface area contributed by atoms with Gasteiger partial charge in [-0.25, -0.2) is 4.98 Å². The Morgan fingerprint density at radius 3 is 2.74 bits per heavy atom. The van der Waals surface area contributed by atoms with Gasteiger partial charge in [0, 0.05) is 19.0 Å². The molecule has 6 nitrogen and oxygen atoms in total. The lowest BCUT2D eigenvalue weighted by molar-refractivity contribution is -0.123. The Morgan fingerprint density at radius 2 is 2.16 bits per heavy atom. The van der Waals surface area contributed by atoms with Gasteiger partial charge < -0.3 is 10.6 Å². The number of nitrogens with one attached hydrogen (secondary N) is 2. The van der Waals surface area contributed by atoms with Crippen molar-refractivity contribution in [2.24, 2.45) is 7.05 Å². The summed E-state index contributed by atoms with van der Waals surface area (Å²) in [6.45, 7) is 0.402. The van der Waals surface area contributed by atoms with Gasteiger partial charge in [0.1, 0.15) is 6.33 Å². The molecule has 0 aromatic carbocycles. The van der Waals surface area contributed by atoms with Crippen LogP contribution >= 0.6 is 0 Å². The smallest absolute Gasteiger partial charge is 0.222 e. The fraction of sp³-hybridized carbons (Fsp3) is 0.769. The van der Waals surface area contributed by atoms with Crippen molar-refractivity contribution in [1.82, 2.24) is 25.4 Å². The molecule has 2 rings (SSSR count). The zero-order valence-corrected chi connectivity index (χ0v) is 11.8. The van der Waals surface area contributed by atoms with E-state index in [9.17, 15) is 4.79 Å². The first kappa shape index (κ1) is 14.0. The van der Waals surface area contributed by atoms with Crippen LogP contribution in [0.15, 0.2) is 6.33 Å². The number of rotatable bonds is 5. The number of carbonyl (C=O) groups excluding carboxylic acids is 1. The Hall–Kier alpha value is -1.43. The quantitative estimate of drug-likeness (QED) is 0.824. The molecule has 6 heteroatoms. The molecular formula is C13H23N5O. The van der Waals surface area contributed by atoms with Gasteiger partial charge in [-0.05, 0) is 19.9 Å². The van der Waals surface area contributed by atoms with Gasteiger partial charge in [-0.2, -0.15) is 5.10 Å². The van der Waals surface area contributed by atoms with Crippen molar-refractivity contribution in [3.8, 4) is 0 Å². The fourth-order valence-corrected chi connectivity index (χ4v) is 2.76. The number of hydrogen-bond acceptors (Lipinski definition) is 4. The Balaban J connectivity index is 1.82. The molecule has 1 amide bonds. The number of aryl methyl sites for hydroxylation is 1. The summed E-state index contributed by atoms with van der Waals surface area (Å²) in [6, 6.07) is 0. The highest BCUT2D eigenvalue weighted by molar-refractivity contribution is 5.77. The van der Waals surface area contributed by atoms with Gasteiger partial charge in [0.25, 0.3) is 0 Å². The third-order valence-corrected chi connectivity index (χ3v) is 3.93. The lowest BCUT2D eigenvalue weighted by Crippen LogP contribution is -2.48. The highest BCUT2D eigenvalue weighted by Gasteiger charge is 2.32. The molecule has 0 bridgehead atoms. The fourth-order valence-electron chi connectivity index (χ4n) is 2.76. The lowest BCUT2D eigenvalue weighted by Gasteiger charge is -2.36. The standard InChI is InChI=1S/C13H23N5O/c1-14-13(6-4-3-5-7-13)8-12(19)15-9-11-16-10-18(2)17-11/h10,14H,3-9H2,1-2H3,(H,15,19). The van der Waals surface area contributed by atoms with Crippen molar-refractivity contribution in [3.63, 3.8) is 0 Å². The molecule has 1 aliphatic rings. The highest BCUT2D eigenvalue weighted by Crippen LogP contribution is 2.30. The number of carbonyl (C=O) groups is 1. The minimum Gasteiger partial charge on any atom is -0.349 e. The molecule has 2 N–H and O–H groups in total. The van der Waals surface area contributed by atoms with Gasteiger partial charge in [-0.3, -0.25) is 9.48 Å². The van der Waals surface area contributed by atoms with Crippen molar-refractivity contribution in [3.05, 3.63) is 12.2 Å². The summed E-state index contributed by atoms with van der Waals surface area (Å²) in [5.74, 6) is 0.724. The summed E-state index contributed by atoms with van der Waals surface area (Å²) < 4.78 is 1.64. The van der Waals surface area contributed by atoms with Crippen LogP contribution < -0.4 is 10.6 Å². The Labute approximate surface area is 114 Å². The van der Waals surface area contributed by atoms with E-state index >= 15 is 0 Å². The second-order valence-corrected chi connectivity index (χ2v) is 5.38. The number of amides is 1. The SMILES string of the molecule is CNC1(CC(=O)NCc2ncn(C)n2)CCCCC1. The first-order chi connectivity index (χ1) is 9.13. The molecule has 1 fully saturated rings. The Morgan fingerprint density at radius 1 is 1.42 bits per heavy atom. The molecule has 1 aliphatic carbocycles. The zero-order chi connectivity index (χ0) is 13.7. The second kappa shape index (κ2) is 6.14. The molecule has 1 heterocycles. The van der Waals surface area contributed by atoms with Crippen LogP contribution in [-0.2, 0) is 18.4 Å². The molecule has 0 saturated heterocycles. The molecule has 0 radical (unpaired) electrons. The van der Waals surface area contributed by atoms with Crippen LogP contribution in [0.4, 0.5) is 0 Å². The molecule has 0 unspecified atom stereocenters. The van der Waals surface area contributed by atoms with Gasteiger partial charge in [-0.1, -0.05) is 19.3 Å². The maximum absolute atomic E-state index is 12.0. The summed E-state index contributed by atoms with van der Waals surface area (Å²) in [5.41, 5.74) is -0.0140. The van der Waals surface area contributed by atoms with E-state index < -0.39 is 0 Å². The van der Waals surface area contributed by atoms with Crippen LogP contribution in [-0.4, -0.2) is 33.3 Å². The monoisotopic (exact) mass is 265 g/mol. The molecule has 0 aliphatic heterocycles. The molecule has 1 aromatic rings. The average molecular weight is 265 g/mol. The van der Waals surface area contributed by atoms with E-state index in [0.717, 1.165) is 12.8 Å². The average Bonchev–Trinajstić information content (AvgIpc) is 2.83. The number of nitrogens with zero attached hydrogens (tertiary/aromatic N) is 3. The van der Waals surface area contributed by atoms with Crippen molar-refractivity contribution in [2.75, 3.05) is 7.05 Å². The van der Waals surface area contributed by atoms with Crippen LogP contribution in [0.3, 0.4) is 0 Å². The molecule has 106 valence electrons. The molecule has 19 heavy (non-hydrogen) atoms. The van der Waals surface area contributed by atoms with E-state index in [4.69, 9.17) is 0 Å². The third kappa shape index (κ3) is 3.76. The predicted molar refractivity (Wildman–Crippen MR) is 72.3 cm³/mol. The zero-order valence-electron chi connectivity index (χ0n) is 11.8. The van der Waals surface area contributed by atoms with Gasteiger partial charge in [0.2, 0.25) is 5.91 Å². The summed E-state index contributed by atoms with van der Waals surface area (Å²) in [5, 5.41) is 10.4. The summed E-state index contributed by atoms with van der Waals surface area (Å²) >= 11 is 0. The van der Waals surface area contributed by atoms with E-state index in [0.29, 0.717) is 18.8 Å². The van der Waals surface area contributed by atoms with E-state index in [1.165, 1.54) is 19.3 Å². The predicted octanol–water partition coefficient (Wildman–Crippen LogP) is 0.744. The second-order valence-electron chi connectivity index (χ2n) is 5.38. The van der Waals surface area contributed by atoms with Crippen LogP contribution in [0.1, 0.15) is 44.3 Å². The molecule has 0 spiro atoms. The summed E-state index contributed by atoms with van der Waals surface area (Å²) in [4.78, 5) is 16.1. The topological polar surface area (TPSA) is 71.8 Å². The van der Waals surface area contributed by atoms with Crippen molar-refractivity contribution in [2.45, 2.75) is 50.6 Å². The van der Waals surface area contributed by atoms with E-state index in [2.05, 4.69) is 20.7 Å². The number of aromatic nitrogens is 3. The van der Waals surface area contributed by atoms with Crippen molar-refractivity contribution < 1.29 is 4.79 Å². The molecule has 0 atom stereocenters. The van der Waals surface area contributed by atoms with Crippen LogP contribution in [0.5, 0.6) is 0 Å². The van der Waals surface area contributed by atoms with Gasteiger partial charge >= 0.3 is 0 Å². The van der Waals surface area contributed by atoms with Crippen LogP contribution in [0.25, 0.3) is 0 Å². The van der Waals surface area contributed by atoms with Crippen LogP contribution in [0, 0.1) is 0 Å². The van der Waals surface area contributed by atoms with Gasteiger partial charge in [0.05, 0.1) is 6.54 Å². The summed E-state index contributed by atoms with van der Waals surface area (Å²) in [6.07, 6.45) is 8.03. The minimum absolute atomic E-state index is 0.0140. The number of hydrogen-bond donors (Lipinski definition) is 2. The molecule has 1 aromatic heterocycles. The molecular weight excluding hydrogens is 242 g/mol. The summed E-state index contributed by atoms with van der Waals surface area (Å²) in [7, 11) is 3.77. The van der Waals surface area contributed by atoms with Crippen LogP contribution in [0.2, 0.25) is 0 Å². The lowest BCUT2D eigenvalue weighted by atomic mass is 9.79. The largest absolute Gasteiger partial charge is 0.349 e. The van der Waals surface area contributed by atoms with Gasteiger partial charge in [0.15, 0.2) is 5.82 Å². The van der Waals surface area contributed by atoms with Crippen molar-refractivity contribution in [1.29, 1.82) is 0 Å². The highest BCUT2D eigenvalue weighted by atomic mass is 16.1. The normalized spacial score (nSPS) is 18.2. The minimum atomic E-state index is -0.0140.